The van der Waals surface area contributed by atoms with E-state index in [1.807, 2.05) is 0 Å². The molecule has 1 fully saturated rings. The lowest BCUT2D eigenvalue weighted by atomic mass is 9.82. The van der Waals surface area contributed by atoms with E-state index in [1.54, 1.807) is 6.08 Å². The number of unbranched alkanes of at least 4 members (excludes halogenated alkanes) is 2. The van der Waals surface area contributed by atoms with Gasteiger partial charge in [0.1, 0.15) is 11.6 Å². The number of hydrogen-bond donors (Lipinski definition) is 0. The molecule has 0 amide bonds. The summed E-state index contributed by atoms with van der Waals surface area (Å²) in [7, 11) is 0. The van der Waals surface area contributed by atoms with Crippen LogP contribution in [0.4, 0.5) is 13.2 Å². The second kappa shape index (κ2) is 9.57. The average molecular weight is 334 g/mol. The zero-order chi connectivity index (χ0) is 17.4. The molecule has 0 radical (unpaired) electrons. The molecular formula is C21H25F3. The van der Waals surface area contributed by atoms with Crippen LogP contribution in [-0.4, -0.2) is 0 Å². The lowest BCUT2D eigenvalue weighted by molar-refractivity contribution is 0.362. The Kier molecular flexibility index (Phi) is 7.43. The lowest BCUT2D eigenvalue weighted by Gasteiger charge is -2.22. The monoisotopic (exact) mass is 334 g/mol. The van der Waals surface area contributed by atoms with Gasteiger partial charge in [0.15, 0.2) is 0 Å². The molecule has 0 aliphatic heterocycles. The van der Waals surface area contributed by atoms with Crippen LogP contribution in [0, 0.1) is 35.3 Å². The van der Waals surface area contributed by atoms with Crippen LogP contribution in [0.2, 0.25) is 0 Å². The molecular weight excluding hydrogens is 309 g/mol. The van der Waals surface area contributed by atoms with Crippen molar-refractivity contribution in [2.24, 2.45) is 11.8 Å². The Morgan fingerprint density at radius 2 is 1.75 bits per heavy atom. The zero-order valence-electron chi connectivity index (χ0n) is 14.3. The highest BCUT2D eigenvalue weighted by Crippen LogP contribution is 2.29. The van der Waals surface area contributed by atoms with Crippen molar-refractivity contribution in [2.75, 3.05) is 0 Å². The molecule has 0 saturated heterocycles. The minimum Gasteiger partial charge on any atom is -0.216 e. The Labute approximate surface area is 143 Å². The first kappa shape index (κ1) is 18.6. The minimum absolute atomic E-state index is 0.125. The third-order valence-electron chi connectivity index (χ3n) is 4.69. The van der Waals surface area contributed by atoms with Crippen molar-refractivity contribution in [3.63, 3.8) is 0 Å². The number of benzene rings is 1. The van der Waals surface area contributed by atoms with Crippen molar-refractivity contribution in [3.8, 4) is 11.8 Å². The topological polar surface area (TPSA) is 0 Å². The molecule has 24 heavy (non-hydrogen) atoms. The van der Waals surface area contributed by atoms with Gasteiger partial charge in [-0.15, -0.1) is 0 Å². The summed E-state index contributed by atoms with van der Waals surface area (Å²) in [5.74, 6) is 4.98. The van der Waals surface area contributed by atoms with E-state index < -0.39 is 11.6 Å². The fourth-order valence-electron chi connectivity index (χ4n) is 3.20. The van der Waals surface area contributed by atoms with Crippen LogP contribution in [0.1, 0.15) is 63.0 Å². The van der Waals surface area contributed by atoms with Crippen molar-refractivity contribution in [2.45, 2.75) is 58.3 Å². The van der Waals surface area contributed by atoms with Crippen LogP contribution < -0.4 is 0 Å². The van der Waals surface area contributed by atoms with Crippen LogP contribution in [-0.2, 0) is 6.42 Å². The number of aryl methyl sites for hydroxylation is 1. The summed E-state index contributed by atoms with van der Waals surface area (Å²) in [6, 6.07) is 2.82. The predicted molar refractivity (Wildman–Crippen MR) is 92.2 cm³/mol. The fraction of sp³-hybridized carbons (Fsp3) is 0.524. The molecule has 0 nitrogen and oxygen atoms in total. The highest BCUT2D eigenvalue weighted by Gasteiger charge is 2.18. The molecule has 1 aromatic carbocycles. The van der Waals surface area contributed by atoms with Crippen molar-refractivity contribution < 1.29 is 13.2 Å². The highest BCUT2D eigenvalue weighted by molar-refractivity contribution is 5.39. The van der Waals surface area contributed by atoms with Crippen molar-refractivity contribution in [3.05, 3.63) is 47.3 Å². The quantitative estimate of drug-likeness (QED) is 0.435. The molecule has 0 heterocycles. The van der Waals surface area contributed by atoms with E-state index in [2.05, 4.69) is 18.8 Å². The molecule has 0 unspecified atom stereocenters. The first-order valence-corrected chi connectivity index (χ1v) is 8.90. The molecule has 3 heteroatoms. The van der Waals surface area contributed by atoms with Gasteiger partial charge in [0.2, 0.25) is 0 Å². The highest BCUT2D eigenvalue weighted by atomic mass is 19.1. The summed E-state index contributed by atoms with van der Waals surface area (Å²) in [5, 5.41) is 0. The maximum atomic E-state index is 14.1. The molecule has 0 N–H and O–H groups in total. The summed E-state index contributed by atoms with van der Waals surface area (Å²) in [6.07, 6.45) is 9.41. The SMILES string of the molecule is CCCCCc1cc(F)c(C#C[C@H]2CC[C@H](C=CF)CC2)c(F)c1. The van der Waals surface area contributed by atoms with Crippen LogP contribution in [0.25, 0.3) is 0 Å². The largest absolute Gasteiger partial charge is 0.216 e. The molecule has 130 valence electrons. The van der Waals surface area contributed by atoms with Gasteiger partial charge in [-0.2, -0.15) is 0 Å². The standard InChI is InChI=1S/C21H25F3/c1-2-3-4-5-18-14-20(23)19(21(24)15-18)11-10-16-6-8-17(9-7-16)12-13-22/h12-17H,2-9H2,1H3/t16-,17-. The normalized spacial score (nSPS) is 20.8. The van der Waals surface area contributed by atoms with E-state index in [4.69, 9.17) is 0 Å². The maximum Gasteiger partial charge on any atom is 0.142 e. The van der Waals surface area contributed by atoms with Gasteiger partial charge in [0.25, 0.3) is 0 Å². The minimum atomic E-state index is -0.567. The number of hydrogen-bond acceptors (Lipinski definition) is 0. The average Bonchev–Trinajstić information content (AvgIpc) is 2.56. The zero-order valence-corrected chi connectivity index (χ0v) is 14.3. The molecule has 0 bridgehead atoms. The van der Waals surface area contributed by atoms with Gasteiger partial charge < -0.3 is 0 Å². The second-order valence-corrected chi connectivity index (χ2v) is 6.59. The smallest absolute Gasteiger partial charge is 0.142 e. The molecule has 1 saturated carbocycles. The first-order valence-electron chi connectivity index (χ1n) is 8.90. The Hall–Kier alpha value is -1.69. The van der Waals surface area contributed by atoms with Gasteiger partial charge in [-0.05, 0) is 62.1 Å². The second-order valence-electron chi connectivity index (χ2n) is 6.59. The Bertz CT molecular complexity index is 591. The first-order chi connectivity index (χ1) is 11.6. The van der Waals surface area contributed by atoms with Crippen molar-refractivity contribution >= 4 is 0 Å². The molecule has 0 atom stereocenters. The van der Waals surface area contributed by atoms with Gasteiger partial charge in [0.05, 0.1) is 11.9 Å². The predicted octanol–water partition coefficient (Wildman–Crippen LogP) is 6.34. The van der Waals surface area contributed by atoms with Crippen molar-refractivity contribution in [1.82, 2.24) is 0 Å². The molecule has 1 aromatic rings. The third-order valence-corrected chi connectivity index (χ3v) is 4.69. The number of allylic oxidation sites excluding steroid dienone is 1. The Morgan fingerprint density at radius 1 is 1.08 bits per heavy atom. The van der Waals surface area contributed by atoms with Gasteiger partial charge in [-0.1, -0.05) is 37.7 Å². The van der Waals surface area contributed by atoms with Crippen LogP contribution in [0.5, 0.6) is 0 Å². The number of halogens is 3. The molecule has 0 spiro atoms. The van der Waals surface area contributed by atoms with E-state index in [0.717, 1.165) is 44.9 Å². The Balaban J connectivity index is 2.00. The van der Waals surface area contributed by atoms with Gasteiger partial charge >= 0.3 is 0 Å². The van der Waals surface area contributed by atoms with E-state index in [-0.39, 0.29) is 17.4 Å². The van der Waals surface area contributed by atoms with E-state index in [0.29, 0.717) is 18.3 Å². The van der Waals surface area contributed by atoms with Crippen molar-refractivity contribution in [1.29, 1.82) is 0 Å². The fourth-order valence-corrected chi connectivity index (χ4v) is 3.20. The lowest BCUT2D eigenvalue weighted by Crippen LogP contribution is -2.11. The van der Waals surface area contributed by atoms with Crippen LogP contribution in [0.3, 0.4) is 0 Å². The van der Waals surface area contributed by atoms with E-state index in [9.17, 15) is 13.2 Å². The van der Waals surface area contributed by atoms with Crippen LogP contribution >= 0.6 is 0 Å². The third kappa shape index (κ3) is 5.44. The summed E-state index contributed by atoms with van der Waals surface area (Å²) >= 11 is 0. The Morgan fingerprint density at radius 3 is 2.33 bits per heavy atom. The molecule has 0 aromatic heterocycles. The molecule has 1 aliphatic carbocycles. The summed E-state index contributed by atoms with van der Waals surface area (Å²) in [5.41, 5.74) is 0.572. The van der Waals surface area contributed by atoms with E-state index in [1.165, 1.54) is 12.1 Å². The summed E-state index contributed by atoms with van der Waals surface area (Å²) in [4.78, 5) is 0. The van der Waals surface area contributed by atoms with E-state index >= 15 is 0 Å². The molecule has 1 aliphatic rings. The van der Waals surface area contributed by atoms with Gasteiger partial charge in [-0.3, -0.25) is 0 Å². The van der Waals surface area contributed by atoms with Crippen LogP contribution in [0.15, 0.2) is 24.5 Å². The molecule has 2 rings (SSSR count). The maximum absolute atomic E-state index is 14.1. The van der Waals surface area contributed by atoms with Gasteiger partial charge in [-0.25, -0.2) is 13.2 Å². The summed E-state index contributed by atoms with van der Waals surface area (Å²) < 4.78 is 40.5. The number of rotatable bonds is 5. The van der Waals surface area contributed by atoms with Gasteiger partial charge in [0, 0.05) is 5.92 Å². The summed E-state index contributed by atoms with van der Waals surface area (Å²) in [6.45, 7) is 2.10.